The van der Waals surface area contributed by atoms with E-state index in [2.05, 4.69) is 57.2 Å². The minimum absolute atomic E-state index is 0.150. The molecule has 0 saturated carbocycles. The third-order valence-corrected chi connectivity index (χ3v) is 4.64. The van der Waals surface area contributed by atoms with Crippen LogP contribution in [0.1, 0.15) is 51.2 Å². The lowest BCUT2D eigenvalue weighted by Gasteiger charge is -2.36. The van der Waals surface area contributed by atoms with Crippen LogP contribution in [-0.2, 0) is 5.41 Å². The van der Waals surface area contributed by atoms with Crippen molar-refractivity contribution in [3.8, 4) is 5.75 Å². The number of phenolic OH excluding ortho intramolecular Hbond substituents is 1. The number of hydrogen-bond acceptors (Lipinski definition) is 1. The number of benzene rings is 2. The molecule has 0 aliphatic heterocycles. The Morgan fingerprint density at radius 2 is 1.50 bits per heavy atom. The summed E-state index contributed by atoms with van der Waals surface area (Å²) in [6, 6.07) is 18.3. The molecule has 116 valence electrons. The quantitative estimate of drug-likeness (QED) is 0.698. The van der Waals surface area contributed by atoms with Crippen LogP contribution in [0, 0.1) is 0 Å². The lowest BCUT2D eigenvalue weighted by Crippen LogP contribution is -2.26. The van der Waals surface area contributed by atoms with Crippen molar-refractivity contribution in [3.63, 3.8) is 0 Å². The minimum atomic E-state index is -0.150. The average Bonchev–Trinajstić information content (AvgIpc) is 2.57. The lowest BCUT2D eigenvalue weighted by molar-refractivity contribution is 0.433. The maximum absolute atomic E-state index is 10.4. The zero-order chi connectivity index (χ0) is 16.0. The van der Waals surface area contributed by atoms with E-state index in [0.717, 1.165) is 24.8 Å². The van der Waals surface area contributed by atoms with Gasteiger partial charge in [-0.15, -0.1) is 0 Å². The summed E-state index contributed by atoms with van der Waals surface area (Å²) in [6.45, 7) is 6.59. The number of aromatic hydroxyl groups is 1. The zero-order valence-electron chi connectivity index (χ0n) is 13.8. The van der Waals surface area contributed by atoms with Gasteiger partial charge in [0.1, 0.15) is 5.75 Å². The minimum Gasteiger partial charge on any atom is -0.508 e. The van der Waals surface area contributed by atoms with Gasteiger partial charge in [0, 0.05) is 11.0 Å². The van der Waals surface area contributed by atoms with Crippen LogP contribution in [0.3, 0.4) is 0 Å². The molecule has 0 aliphatic rings. The second-order valence-electron chi connectivity index (χ2n) is 5.70. The fraction of sp³-hybridized carbons (Fsp3) is 0.333. The fourth-order valence-corrected chi connectivity index (χ4v) is 3.45. The fourth-order valence-electron chi connectivity index (χ4n) is 3.45. The molecule has 0 bridgehead atoms. The van der Waals surface area contributed by atoms with Crippen molar-refractivity contribution >= 4 is 5.57 Å². The van der Waals surface area contributed by atoms with E-state index in [9.17, 15) is 5.11 Å². The molecule has 2 rings (SSSR count). The van der Waals surface area contributed by atoms with E-state index in [0.29, 0.717) is 5.75 Å². The van der Waals surface area contributed by atoms with Gasteiger partial charge in [-0.3, -0.25) is 0 Å². The lowest BCUT2D eigenvalue weighted by atomic mass is 9.67. The number of para-hydroxylation sites is 1. The van der Waals surface area contributed by atoms with Gasteiger partial charge in [0.05, 0.1) is 0 Å². The average molecular weight is 294 g/mol. The summed E-state index contributed by atoms with van der Waals surface area (Å²) in [7, 11) is 0. The van der Waals surface area contributed by atoms with Crippen molar-refractivity contribution in [1.82, 2.24) is 0 Å². The Morgan fingerprint density at radius 3 is 2.05 bits per heavy atom. The molecule has 2 aromatic rings. The number of hydrogen-bond donors (Lipinski definition) is 1. The molecule has 0 fully saturated rings. The van der Waals surface area contributed by atoms with Crippen LogP contribution in [0.5, 0.6) is 5.75 Å². The molecule has 0 heterocycles. The van der Waals surface area contributed by atoms with Crippen molar-refractivity contribution in [1.29, 1.82) is 0 Å². The van der Waals surface area contributed by atoms with E-state index < -0.39 is 0 Å². The molecule has 1 heteroatoms. The summed E-state index contributed by atoms with van der Waals surface area (Å²) < 4.78 is 0. The van der Waals surface area contributed by atoms with Crippen molar-refractivity contribution < 1.29 is 5.11 Å². The second-order valence-corrected chi connectivity index (χ2v) is 5.70. The maximum atomic E-state index is 10.4. The molecule has 0 spiro atoms. The van der Waals surface area contributed by atoms with Gasteiger partial charge in [-0.25, -0.2) is 0 Å². The maximum Gasteiger partial charge on any atom is 0.119 e. The molecular weight excluding hydrogens is 268 g/mol. The summed E-state index contributed by atoms with van der Waals surface area (Å²) in [5.74, 6) is 0.393. The molecule has 0 aliphatic carbocycles. The predicted octanol–water partition coefficient (Wildman–Crippen LogP) is 5.94. The summed E-state index contributed by atoms with van der Waals surface area (Å²) in [5, 5.41) is 10.4. The smallest absolute Gasteiger partial charge is 0.119 e. The standard InChI is InChI=1S/C21H26O/c1-4-12-18(17-13-8-7-9-14-17)21(5-2,6-3)19-15-10-11-16-20(19)22/h7-16,22H,4-6H2,1-3H3. The van der Waals surface area contributed by atoms with Crippen LogP contribution >= 0.6 is 0 Å². The summed E-state index contributed by atoms with van der Waals surface area (Å²) in [6.07, 6.45) is 5.22. The van der Waals surface area contributed by atoms with Gasteiger partial charge in [0.15, 0.2) is 0 Å². The van der Waals surface area contributed by atoms with E-state index in [-0.39, 0.29) is 5.41 Å². The van der Waals surface area contributed by atoms with E-state index in [4.69, 9.17) is 0 Å². The largest absolute Gasteiger partial charge is 0.508 e. The Balaban J connectivity index is 2.68. The highest BCUT2D eigenvalue weighted by Crippen LogP contribution is 2.47. The molecule has 0 amide bonds. The monoisotopic (exact) mass is 294 g/mol. The van der Waals surface area contributed by atoms with E-state index in [1.807, 2.05) is 18.2 Å². The Kier molecular flexibility index (Phi) is 5.43. The molecule has 0 atom stereocenters. The molecule has 0 unspecified atom stereocenters. The zero-order valence-corrected chi connectivity index (χ0v) is 13.8. The Bertz CT molecular complexity index is 621. The van der Waals surface area contributed by atoms with Crippen LogP contribution in [-0.4, -0.2) is 5.11 Å². The van der Waals surface area contributed by atoms with Crippen molar-refractivity contribution in [2.24, 2.45) is 0 Å². The SMILES string of the molecule is CCC=C(c1ccccc1)C(CC)(CC)c1ccccc1O. The van der Waals surface area contributed by atoms with Gasteiger partial charge < -0.3 is 5.11 Å². The summed E-state index contributed by atoms with van der Waals surface area (Å²) in [4.78, 5) is 0. The molecule has 1 N–H and O–H groups in total. The number of rotatable bonds is 6. The van der Waals surface area contributed by atoms with Gasteiger partial charge in [-0.05, 0) is 36.5 Å². The highest BCUT2D eigenvalue weighted by molar-refractivity contribution is 5.76. The second kappa shape index (κ2) is 7.31. The molecule has 22 heavy (non-hydrogen) atoms. The summed E-state index contributed by atoms with van der Waals surface area (Å²) in [5.41, 5.74) is 3.45. The third-order valence-electron chi connectivity index (χ3n) is 4.64. The Morgan fingerprint density at radius 1 is 0.909 bits per heavy atom. The van der Waals surface area contributed by atoms with E-state index in [1.165, 1.54) is 11.1 Å². The first kappa shape index (κ1) is 16.4. The molecule has 0 radical (unpaired) electrons. The van der Waals surface area contributed by atoms with Crippen molar-refractivity contribution in [2.75, 3.05) is 0 Å². The first-order chi connectivity index (χ1) is 10.7. The third kappa shape index (κ3) is 2.94. The molecule has 2 aromatic carbocycles. The number of phenols is 1. The van der Waals surface area contributed by atoms with Crippen LogP contribution < -0.4 is 0 Å². The molecule has 1 nitrogen and oxygen atoms in total. The van der Waals surface area contributed by atoms with Crippen LogP contribution in [0.4, 0.5) is 0 Å². The highest BCUT2D eigenvalue weighted by atomic mass is 16.3. The predicted molar refractivity (Wildman–Crippen MR) is 95.1 cm³/mol. The van der Waals surface area contributed by atoms with Crippen LogP contribution in [0.15, 0.2) is 60.7 Å². The van der Waals surface area contributed by atoms with Crippen LogP contribution in [0.2, 0.25) is 0 Å². The first-order valence-corrected chi connectivity index (χ1v) is 8.24. The van der Waals surface area contributed by atoms with Crippen molar-refractivity contribution in [2.45, 2.75) is 45.4 Å². The Hall–Kier alpha value is -2.02. The van der Waals surface area contributed by atoms with Crippen molar-refractivity contribution in [3.05, 3.63) is 71.8 Å². The van der Waals surface area contributed by atoms with Crippen LogP contribution in [0.25, 0.3) is 5.57 Å². The van der Waals surface area contributed by atoms with E-state index >= 15 is 0 Å². The summed E-state index contributed by atoms with van der Waals surface area (Å²) >= 11 is 0. The van der Waals surface area contributed by atoms with E-state index in [1.54, 1.807) is 6.07 Å². The molecule has 0 saturated heterocycles. The van der Waals surface area contributed by atoms with Gasteiger partial charge in [-0.2, -0.15) is 0 Å². The van der Waals surface area contributed by atoms with Gasteiger partial charge >= 0.3 is 0 Å². The topological polar surface area (TPSA) is 20.2 Å². The van der Waals surface area contributed by atoms with Gasteiger partial charge in [-0.1, -0.05) is 75.4 Å². The first-order valence-electron chi connectivity index (χ1n) is 8.24. The molecular formula is C21H26O. The number of allylic oxidation sites excluding steroid dienone is 2. The highest BCUT2D eigenvalue weighted by Gasteiger charge is 2.35. The molecule has 0 aromatic heterocycles. The van der Waals surface area contributed by atoms with Gasteiger partial charge in [0.2, 0.25) is 0 Å². The Labute approximate surface area is 134 Å². The van der Waals surface area contributed by atoms with Gasteiger partial charge in [0.25, 0.3) is 0 Å². The normalized spacial score (nSPS) is 12.4.